The first-order chi connectivity index (χ1) is 11.3. The lowest BCUT2D eigenvalue weighted by atomic mass is 9.47. The number of hydrogen-bond acceptors (Lipinski definition) is 3. The normalized spacial score (nSPS) is 53.0. The van der Waals surface area contributed by atoms with Crippen molar-refractivity contribution in [1.29, 1.82) is 0 Å². The molecule has 4 aliphatic rings. The summed E-state index contributed by atoms with van der Waals surface area (Å²) in [6, 6.07) is 0. The van der Waals surface area contributed by atoms with E-state index in [0.29, 0.717) is 24.2 Å². The van der Waals surface area contributed by atoms with Crippen molar-refractivity contribution >= 4 is 12.1 Å². The molecule has 0 bridgehead atoms. The standard InChI is InChI=1S/C21H28O3/c1-12-8-16-15-5-4-13-9-14(23)6-7-20(13,2)19(15)18(24)10-21(16,3)17(12)11-22/h6-7,9,11-12,15-19,24H,4-5,8,10H2,1-3H3/t12-,15?,16?,17?,18+,19?,20?,21?/m1/s1. The molecule has 0 aromatic carbocycles. The van der Waals surface area contributed by atoms with Crippen molar-refractivity contribution in [1.82, 2.24) is 0 Å². The molecular formula is C21H28O3. The molecule has 0 amide bonds. The number of hydrogen-bond donors (Lipinski definition) is 1. The van der Waals surface area contributed by atoms with Crippen LogP contribution in [-0.4, -0.2) is 23.3 Å². The number of aliphatic hydroxyl groups is 1. The highest BCUT2D eigenvalue weighted by molar-refractivity contribution is 6.01. The van der Waals surface area contributed by atoms with Crippen LogP contribution >= 0.6 is 0 Å². The summed E-state index contributed by atoms with van der Waals surface area (Å²) < 4.78 is 0. The molecule has 0 saturated heterocycles. The van der Waals surface area contributed by atoms with Gasteiger partial charge in [-0.1, -0.05) is 32.4 Å². The minimum Gasteiger partial charge on any atom is -0.393 e. The monoisotopic (exact) mass is 328 g/mol. The summed E-state index contributed by atoms with van der Waals surface area (Å²) in [5.41, 5.74) is 0.907. The molecule has 3 saturated carbocycles. The van der Waals surface area contributed by atoms with E-state index >= 15 is 0 Å². The van der Waals surface area contributed by atoms with Gasteiger partial charge in [0.25, 0.3) is 0 Å². The van der Waals surface area contributed by atoms with Gasteiger partial charge in [0.1, 0.15) is 6.29 Å². The summed E-state index contributed by atoms with van der Waals surface area (Å²) in [6.45, 7) is 6.62. The van der Waals surface area contributed by atoms with Crippen LogP contribution in [0.5, 0.6) is 0 Å². The average molecular weight is 328 g/mol. The lowest BCUT2D eigenvalue weighted by molar-refractivity contribution is -0.131. The number of rotatable bonds is 1. The molecule has 0 radical (unpaired) electrons. The van der Waals surface area contributed by atoms with Crippen LogP contribution < -0.4 is 0 Å². The van der Waals surface area contributed by atoms with Gasteiger partial charge < -0.3 is 9.90 Å². The number of allylic oxidation sites excluding steroid dienone is 4. The Hall–Kier alpha value is -1.22. The van der Waals surface area contributed by atoms with Crippen LogP contribution in [0.1, 0.15) is 46.5 Å². The van der Waals surface area contributed by atoms with Gasteiger partial charge in [-0.3, -0.25) is 4.79 Å². The predicted molar refractivity (Wildman–Crippen MR) is 92.1 cm³/mol. The van der Waals surface area contributed by atoms with Crippen molar-refractivity contribution in [2.75, 3.05) is 0 Å². The zero-order valence-corrected chi connectivity index (χ0v) is 14.9. The number of aliphatic hydroxyl groups excluding tert-OH is 1. The van der Waals surface area contributed by atoms with Gasteiger partial charge in [-0.2, -0.15) is 0 Å². The van der Waals surface area contributed by atoms with Gasteiger partial charge in [-0.25, -0.2) is 0 Å². The molecule has 130 valence electrons. The molecule has 3 heteroatoms. The van der Waals surface area contributed by atoms with E-state index in [1.807, 2.05) is 6.08 Å². The van der Waals surface area contributed by atoms with Crippen molar-refractivity contribution in [3.05, 3.63) is 23.8 Å². The van der Waals surface area contributed by atoms with Gasteiger partial charge in [0.15, 0.2) is 5.78 Å². The zero-order valence-electron chi connectivity index (χ0n) is 14.9. The van der Waals surface area contributed by atoms with Crippen molar-refractivity contribution < 1.29 is 14.7 Å². The minimum atomic E-state index is -0.407. The Kier molecular flexibility index (Phi) is 3.48. The van der Waals surface area contributed by atoms with Crippen LogP contribution in [0.25, 0.3) is 0 Å². The van der Waals surface area contributed by atoms with E-state index in [4.69, 9.17) is 0 Å². The lowest BCUT2D eigenvalue weighted by Gasteiger charge is -2.58. The first kappa shape index (κ1) is 16.3. The van der Waals surface area contributed by atoms with E-state index in [-0.39, 0.29) is 28.4 Å². The molecule has 6 unspecified atom stereocenters. The fourth-order valence-corrected chi connectivity index (χ4v) is 7.02. The smallest absolute Gasteiger partial charge is 0.178 e. The average Bonchev–Trinajstić information content (AvgIpc) is 2.77. The molecule has 3 nitrogen and oxygen atoms in total. The third kappa shape index (κ3) is 1.94. The third-order valence-corrected chi connectivity index (χ3v) is 8.08. The summed E-state index contributed by atoms with van der Waals surface area (Å²) in [5, 5.41) is 11.1. The molecule has 0 spiro atoms. The van der Waals surface area contributed by atoms with Crippen molar-refractivity contribution in [3.63, 3.8) is 0 Å². The maximum absolute atomic E-state index is 11.8. The molecule has 0 aromatic heterocycles. The van der Waals surface area contributed by atoms with Crippen molar-refractivity contribution in [2.24, 2.45) is 40.4 Å². The van der Waals surface area contributed by atoms with Gasteiger partial charge >= 0.3 is 0 Å². The molecule has 8 atom stereocenters. The van der Waals surface area contributed by atoms with Gasteiger partial charge in [0, 0.05) is 17.3 Å². The fourth-order valence-electron chi connectivity index (χ4n) is 7.02. The van der Waals surface area contributed by atoms with Crippen LogP contribution in [0.2, 0.25) is 0 Å². The molecular weight excluding hydrogens is 300 g/mol. The Balaban J connectivity index is 1.76. The molecule has 0 aromatic rings. The molecule has 4 aliphatic carbocycles. The summed E-state index contributed by atoms with van der Waals surface area (Å²) in [4.78, 5) is 23.5. The third-order valence-electron chi connectivity index (χ3n) is 8.08. The summed E-state index contributed by atoms with van der Waals surface area (Å²) in [5.74, 6) is 1.64. The molecule has 24 heavy (non-hydrogen) atoms. The second kappa shape index (κ2) is 5.14. The summed E-state index contributed by atoms with van der Waals surface area (Å²) in [7, 11) is 0. The van der Waals surface area contributed by atoms with Crippen LogP contribution in [0.3, 0.4) is 0 Å². The molecule has 0 aliphatic heterocycles. The predicted octanol–water partition coefficient (Wildman–Crippen LogP) is 3.33. The van der Waals surface area contributed by atoms with E-state index in [1.165, 1.54) is 5.57 Å². The van der Waals surface area contributed by atoms with Crippen molar-refractivity contribution in [3.8, 4) is 0 Å². The van der Waals surface area contributed by atoms with Crippen LogP contribution in [0.15, 0.2) is 23.8 Å². The topological polar surface area (TPSA) is 54.4 Å². The van der Waals surface area contributed by atoms with E-state index in [1.54, 1.807) is 12.2 Å². The Labute approximate surface area is 144 Å². The van der Waals surface area contributed by atoms with E-state index in [2.05, 4.69) is 20.8 Å². The highest BCUT2D eigenvalue weighted by atomic mass is 16.3. The van der Waals surface area contributed by atoms with Crippen molar-refractivity contribution in [2.45, 2.75) is 52.6 Å². The zero-order chi connectivity index (χ0) is 17.3. The van der Waals surface area contributed by atoms with Crippen LogP contribution in [-0.2, 0) is 9.59 Å². The first-order valence-corrected chi connectivity index (χ1v) is 9.39. The quantitative estimate of drug-likeness (QED) is 0.751. The summed E-state index contributed by atoms with van der Waals surface area (Å²) in [6.07, 6.45) is 10.0. The van der Waals surface area contributed by atoms with Gasteiger partial charge in [0.2, 0.25) is 0 Å². The molecule has 4 rings (SSSR count). The Morgan fingerprint density at radius 1 is 1.33 bits per heavy atom. The van der Waals surface area contributed by atoms with Gasteiger partial charge in [-0.15, -0.1) is 0 Å². The Morgan fingerprint density at radius 3 is 2.79 bits per heavy atom. The van der Waals surface area contributed by atoms with Gasteiger partial charge in [0.05, 0.1) is 6.10 Å². The second-order valence-corrected chi connectivity index (χ2v) is 9.17. The SMILES string of the molecule is C[C@@H]1CC2C3CCC4=CC(=O)C=CC4(C)C3[C@@H](O)CC2(C)C1C=O. The fraction of sp³-hybridized carbons (Fsp3) is 0.714. The van der Waals surface area contributed by atoms with Gasteiger partial charge in [-0.05, 0) is 61.0 Å². The highest BCUT2D eigenvalue weighted by Gasteiger charge is 2.62. The molecule has 0 heterocycles. The minimum absolute atomic E-state index is 0.0614. The number of carbonyl (C=O) groups excluding carboxylic acids is 2. The Bertz CT molecular complexity index is 647. The number of carbonyl (C=O) groups is 2. The number of fused-ring (bicyclic) bond motifs is 5. The summed E-state index contributed by atoms with van der Waals surface area (Å²) >= 11 is 0. The van der Waals surface area contributed by atoms with E-state index in [0.717, 1.165) is 25.5 Å². The first-order valence-electron chi connectivity index (χ1n) is 9.39. The highest BCUT2D eigenvalue weighted by Crippen LogP contribution is 2.66. The maximum Gasteiger partial charge on any atom is 0.178 e. The Morgan fingerprint density at radius 2 is 2.08 bits per heavy atom. The van der Waals surface area contributed by atoms with Crippen LogP contribution in [0.4, 0.5) is 0 Å². The number of ketones is 1. The molecule has 3 fully saturated rings. The molecule has 1 N–H and O–H groups in total. The number of aldehydes is 1. The largest absolute Gasteiger partial charge is 0.393 e. The van der Waals surface area contributed by atoms with E-state index in [9.17, 15) is 14.7 Å². The van der Waals surface area contributed by atoms with E-state index < -0.39 is 6.10 Å². The lowest BCUT2D eigenvalue weighted by Crippen LogP contribution is -2.56. The second-order valence-electron chi connectivity index (χ2n) is 9.17. The maximum atomic E-state index is 11.8. The van der Waals surface area contributed by atoms with Crippen LogP contribution in [0, 0.1) is 40.4 Å².